The predicted octanol–water partition coefficient (Wildman–Crippen LogP) is 13.5. The molecule has 64 heavy (non-hydrogen) atoms. The third-order valence-electron chi connectivity index (χ3n) is 14.0. The van der Waals surface area contributed by atoms with E-state index in [0.29, 0.717) is 12.8 Å². The fraction of sp³-hybridized carbons (Fsp3) is 0.982. The van der Waals surface area contributed by atoms with Gasteiger partial charge in [0.25, 0.3) is 0 Å². The molecule has 1 heterocycles. The Hall–Kier alpha value is -0.810. The quantitative estimate of drug-likeness (QED) is 0.0331. The average molecular weight is 912 g/mol. The Bertz CT molecular complexity index is 970. The van der Waals surface area contributed by atoms with Crippen molar-refractivity contribution in [3.8, 4) is 0 Å². The van der Waals surface area contributed by atoms with Gasteiger partial charge in [-0.25, -0.2) is 0 Å². The molecule has 0 aromatic carbocycles. The standard InChI is InChI=1S/C55H109NO8/c1-3-5-7-9-11-13-15-17-19-21-22-23-24-25-26-27-28-29-31-33-35-37-39-41-43-45-51(59)56-48(47-63-55-54(62)53(61)52(60)50(46-57)64-55)49(58)44-42-40-38-36-34-32-30-20-18-16-14-12-10-8-6-4-2/h48-50,52-55,57-58,60-62H,3-47H2,1-2H3,(H,56,59). The first kappa shape index (κ1) is 61.2. The first-order chi connectivity index (χ1) is 31.3. The van der Waals surface area contributed by atoms with Gasteiger partial charge in [-0.1, -0.05) is 271 Å². The van der Waals surface area contributed by atoms with Crippen LogP contribution >= 0.6 is 0 Å². The molecule has 0 saturated carbocycles. The van der Waals surface area contributed by atoms with Gasteiger partial charge in [0.05, 0.1) is 25.4 Å². The maximum absolute atomic E-state index is 13.1. The first-order valence-corrected chi connectivity index (χ1v) is 28.2. The van der Waals surface area contributed by atoms with Crippen LogP contribution in [-0.4, -0.2) is 87.5 Å². The number of amides is 1. The predicted molar refractivity (Wildman–Crippen MR) is 268 cm³/mol. The molecule has 9 nitrogen and oxygen atoms in total. The molecule has 0 spiro atoms. The lowest BCUT2D eigenvalue weighted by Gasteiger charge is -2.40. The Morgan fingerprint density at radius 1 is 0.469 bits per heavy atom. The van der Waals surface area contributed by atoms with Gasteiger partial charge in [0.15, 0.2) is 6.29 Å². The van der Waals surface area contributed by atoms with Crippen molar-refractivity contribution < 1.29 is 39.8 Å². The molecule has 0 aliphatic carbocycles. The highest BCUT2D eigenvalue weighted by Crippen LogP contribution is 2.23. The van der Waals surface area contributed by atoms with E-state index in [1.807, 2.05) is 0 Å². The molecule has 0 aromatic rings. The number of nitrogens with one attached hydrogen (secondary N) is 1. The summed E-state index contributed by atoms with van der Waals surface area (Å²) in [6.45, 7) is 3.88. The molecular formula is C55H109NO8. The second kappa shape index (κ2) is 45.9. The minimum Gasteiger partial charge on any atom is -0.394 e. The highest BCUT2D eigenvalue weighted by Gasteiger charge is 2.44. The summed E-state index contributed by atoms with van der Waals surface area (Å²) in [5.74, 6) is -0.137. The summed E-state index contributed by atoms with van der Waals surface area (Å²) in [6.07, 6.45) is 47.0. The fourth-order valence-electron chi connectivity index (χ4n) is 9.46. The zero-order valence-corrected chi connectivity index (χ0v) is 42.3. The van der Waals surface area contributed by atoms with Gasteiger partial charge in [-0.3, -0.25) is 4.79 Å². The van der Waals surface area contributed by atoms with Crippen LogP contribution in [0.25, 0.3) is 0 Å². The normalized spacial score (nSPS) is 19.9. The van der Waals surface area contributed by atoms with Crippen molar-refractivity contribution in [3.63, 3.8) is 0 Å². The number of carbonyl (C=O) groups excluding carboxylic acids is 1. The summed E-state index contributed by atoms with van der Waals surface area (Å²) in [5, 5.41) is 54.6. The van der Waals surface area contributed by atoms with Crippen LogP contribution in [0, 0.1) is 0 Å². The third-order valence-corrected chi connectivity index (χ3v) is 14.0. The summed E-state index contributed by atoms with van der Waals surface area (Å²) in [6, 6.07) is -0.713. The lowest BCUT2D eigenvalue weighted by Crippen LogP contribution is -2.60. The van der Waals surface area contributed by atoms with Crippen molar-refractivity contribution in [3.05, 3.63) is 0 Å². The smallest absolute Gasteiger partial charge is 0.220 e. The van der Waals surface area contributed by atoms with E-state index < -0.39 is 49.5 Å². The van der Waals surface area contributed by atoms with E-state index in [1.165, 1.54) is 225 Å². The van der Waals surface area contributed by atoms with Crippen LogP contribution in [0.15, 0.2) is 0 Å². The molecule has 1 aliphatic heterocycles. The molecule has 1 amide bonds. The summed E-state index contributed by atoms with van der Waals surface area (Å²) in [4.78, 5) is 13.1. The van der Waals surface area contributed by atoms with Crippen LogP contribution < -0.4 is 5.32 Å². The van der Waals surface area contributed by atoms with Crippen LogP contribution in [0.1, 0.15) is 290 Å². The lowest BCUT2D eigenvalue weighted by molar-refractivity contribution is -0.302. The van der Waals surface area contributed by atoms with Crippen LogP contribution in [0.4, 0.5) is 0 Å². The van der Waals surface area contributed by atoms with Gasteiger partial charge >= 0.3 is 0 Å². The molecule has 382 valence electrons. The summed E-state index contributed by atoms with van der Waals surface area (Å²) in [5.41, 5.74) is 0. The molecule has 1 aliphatic rings. The lowest BCUT2D eigenvalue weighted by atomic mass is 9.99. The van der Waals surface area contributed by atoms with E-state index >= 15 is 0 Å². The number of hydrogen-bond donors (Lipinski definition) is 6. The number of unbranched alkanes of at least 4 members (excludes halogenated alkanes) is 39. The maximum Gasteiger partial charge on any atom is 0.220 e. The number of ether oxygens (including phenoxy) is 2. The summed E-state index contributed by atoms with van der Waals surface area (Å²) >= 11 is 0. The van der Waals surface area contributed by atoms with E-state index in [4.69, 9.17) is 9.47 Å². The summed E-state index contributed by atoms with van der Waals surface area (Å²) < 4.78 is 11.3. The Balaban J connectivity index is 2.17. The number of aliphatic hydroxyl groups is 5. The molecule has 1 fully saturated rings. The zero-order chi connectivity index (χ0) is 46.6. The highest BCUT2D eigenvalue weighted by molar-refractivity contribution is 5.76. The zero-order valence-electron chi connectivity index (χ0n) is 42.3. The largest absolute Gasteiger partial charge is 0.394 e. The van der Waals surface area contributed by atoms with Gasteiger partial charge in [0.2, 0.25) is 5.91 Å². The van der Waals surface area contributed by atoms with Crippen LogP contribution in [0.2, 0.25) is 0 Å². The Kier molecular flexibility index (Phi) is 43.9. The van der Waals surface area contributed by atoms with E-state index in [9.17, 15) is 30.3 Å². The molecular weight excluding hydrogens is 803 g/mol. The number of hydrogen-bond acceptors (Lipinski definition) is 8. The van der Waals surface area contributed by atoms with Crippen LogP contribution in [-0.2, 0) is 14.3 Å². The minimum absolute atomic E-state index is 0.131. The number of aliphatic hydroxyl groups excluding tert-OH is 5. The van der Waals surface area contributed by atoms with Crippen molar-refractivity contribution in [1.29, 1.82) is 0 Å². The second-order valence-corrected chi connectivity index (χ2v) is 20.1. The highest BCUT2D eigenvalue weighted by atomic mass is 16.7. The molecule has 0 radical (unpaired) electrons. The minimum atomic E-state index is -1.55. The van der Waals surface area contributed by atoms with Crippen molar-refractivity contribution in [2.24, 2.45) is 0 Å². The van der Waals surface area contributed by atoms with E-state index in [0.717, 1.165) is 38.5 Å². The Morgan fingerprint density at radius 2 is 0.781 bits per heavy atom. The van der Waals surface area contributed by atoms with Crippen LogP contribution in [0.3, 0.4) is 0 Å². The van der Waals surface area contributed by atoms with Crippen molar-refractivity contribution in [1.82, 2.24) is 5.32 Å². The molecule has 7 unspecified atom stereocenters. The Morgan fingerprint density at radius 3 is 1.11 bits per heavy atom. The van der Waals surface area contributed by atoms with Gasteiger partial charge in [0, 0.05) is 6.42 Å². The molecule has 0 aromatic heterocycles. The average Bonchev–Trinajstić information content (AvgIpc) is 3.29. The van der Waals surface area contributed by atoms with E-state index in [2.05, 4.69) is 19.2 Å². The summed E-state index contributed by atoms with van der Waals surface area (Å²) in [7, 11) is 0. The molecule has 1 rings (SSSR count). The third kappa shape index (κ3) is 35.3. The number of rotatable bonds is 49. The van der Waals surface area contributed by atoms with E-state index in [1.54, 1.807) is 0 Å². The van der Waals surface area contributed by atoms with Crippen molar-refractivity contribution >= 4 is 5.91 Å². The number of carbonyl (C=O) groups is 1. The first-order valence-electron chi connectivity index (χ1n) is 28.2. The monoisotopic (exact) mass is 912 g/mol. The Labute approximate surface area is 395 Å². The van der Waals surface area contributed by atoms with Gasteiger partial charge in [-0.2, -0.15) is 0 Å². The van der Waals surface area contributed by atoms with Crippen molar-refractivity contribution in [2.75, 3.05) is 13.2 Å². The fourth-order valence-corrected chi connectivity index (χ4v) is 9.46. The van der Waals surface area contributed by atoms with Crippen LogP contribution in [0.5, 0.6) is 0 Å². The molecule has 9 heteroatoms. The molecule has 6 N–H and O–H groups in total. The van der Waals surface area contributed by atoms with Gasteiger partial charge in [-0.15, -0.1) is 0 Å². The molecule has 7 atom stereocenters. The topological polar surface area (TPSA) is 149 Å². The second-order valence-electron chi connectivity index (χ2n) is 20.1. The molecule has 1 saturated heterocycles. The van der Waals surface area contributed by atoms with E-state index in [-0.39, 0.29) is 12.5 Å². The van der Waals surface area contributed by atoms with Gasteiger partial charge in [-0.05, 0) is 12.8 Å². The van der Waals surface area contributed by atoms with Gasteiger partial charge in [0.1, 0.15) is 24.4 Å². The maximum atomic E-state index is 13.1. The van der Waals surface area contributed by atoms with Crippen molar-refractivity contribution in [2.45, 2.75) is 333 Å². The molecule has 0 bridgehead atoms. The SMILES string of the molecule is CCCCCCCCCCCCCCCCCCCCCCCCCCCC(=O)NC(COC1OC(CO)C(O)C(O)C1O)C(O)CCCCCCCCCCCCCCCCCC. The van der Waals surface area contributed by atoms with Gasteiger partial charge < -0.3 is 40.3 Å².